The Kier molecular flexibility index (Phi) is 4.39. The summed E-state index contributed by atoms with van der Waals surface area (Å²) in [5.41, 5.74) is 6.98. The molecular formula is C15H16FN3O3S. The van der Waals surface area contributed by atoms with E-state index in [2.05, 4.69) is 5.32 Å². The first-order valence-electron chi connectivity index (χ1n) is 6.60. The van der Waals surface area contributed by atoms with E-state index >= 15 is 0 Å². The van der Waals surface area contributed by atoms with E-state index < -0.39 is 15.9 Å². The minimum atomic E-state index is -4.05. The van der Waals surface area contributed by atoms with Crippen LogP contribution in [0.2, 0.25) is 0 Å². The van der Waals surface area contributed by atoms with Crippen molar-refractivity contribution in [1.29, 1.82) is 0 Å². The number of carbonyl (C=O) groups is 1. The zero-order chi connectivity index (χ0) is 17.4. The van der Waals surface area contributed by atoms with Gasteiger partial charge in [0.1, 0.15) is 10.7 Å². The van der Waals surface area contributed by atoms with Crippen LogP contribution in [0, 0.1) is 19.7 Å². The van der Waals surface area contributed by atoms with Crippen molar-refractivity contribution in [3.8, 4) is 0 Å². The van der Waals surface area contributed by atoms with Crippen LogP contribution >= 0.6 is 0 Å². The van der Waals surface area contributed by atoms with Gasteiger partial charge in [-0.2, -0.15) is 0 Å². The number of nitrogens with two attached hydrogens (primary N) is 2. The van der Waals surface area contributed by atoms with Crippen LogP contribution in [0.25, 0.3) is 0 Å². The van der Waals surface area contributed by atoms with Crippen molar-refractivity contribution in [2.75, 3.05) is 11.1 Å². The predicted molar refractivity (Wildman–Crippen MR) is 86.1 cm³/mol. The van der Waals surface area contributed by atoms with Gasteiger partial charge < -0.3 is 11.1 Å². The van der Waals surface area contributed by atoms with Gasteiger partial charge in [-0.1, -0.05) is 0 Å². The van der Waals surface area contributed by atoms with E-state index in [1.54, 1.807) is 13.8 Å². The van der Waals surface area contributed by atoms with Crippen molar-refractivity contribution >= 4 is 27.3 Å². The fourth-order valence-electron chi connectivity index (χ4n) is 2.12. The molecule has 0 bridgehead atoms. The van der Waals surface area contributed by atoms with Gasteiger partial charge in [0.2, 0.25) is 10.0 Å². The fraction of sp³-hybridized carbons (Fsp3) is 0.133. The number of sulfonamides is 1. The van der Waals surface area contributed by atoms with Crippen LogP contribution in [-0.4, -0.2) is 14.3 Å². The molecule has 0 radical (unpaired) electrons. The molecule has 2 rings (SSSR count). The van der Waals surface area contributed by atoms with Crippen molar-refractivity contribution in [3.05, 3.63) is 52.8 Å². The predicted octanol–water partition coefficient (Wildman–Crippen LogP) is 1.92. The molecular weight excluding hydrogens is 321 g/mol. The number of benzene rings is 2. The number of nitrogens with one attached hydrogen (secondary N) is 1. The number of primary sulfonamides is 1. The molecule has 0 aliphatic heterocycles. The van der Waals surface area contributed by atoms with Gasteiger partial charge in [-0.15, -0.1) is 0 Å². The Morgan fingerprint density at radius 2 is 1.78 bits per heavy atom. The number of rotatable bonds is 3. The standard InChI is InChI=1S/C15H16FN3O3S/c1-8-6-13(17)14(23(18,21)22)7-11(8)15(20)19-10-3-4-12(16)9(2)5-10/h3-7H,17H2,1-2H3,(H,19,20)(H2,18,21,22). The average Bonchev–Trinajstić information content (AvgIpc) is 2.41. The highest BCUT2D eigenvalue weighted by molar-refractivity contribution is 7.89. The molecule has 6 nitrogen and oxygen atoms in total. The highest BCUT2D eigenvalue weighted by Gasteiger charge is 2.18. The van der Waals surface area contributed by atoms with Crippen molar-refractivity contribution in [1.82, 2.24) is 0 Å². The van der Waals surface area contributed by atoms with Gasteiger partial charge in [0.15, 0.2) is 0 Å². The van der Waals surface area contributed by atoms with E-state index in [4.69, 9.17) is 10.9 Å². The van der Waals surface area contributed by atoms with Crippen LogP contribution in [-0.2, 0) is 10.0 Å². The summed E-state index contributed by atoms with van der Waals surface area (Å²) in [6.07, 6.45) is 0. The summed E-state index contributed by atoms with van der Waals surface area (Å²) in [7, 11) is -4.05. The third kappa shape index (κ3) is 3.66. The number of hydrogen-bond acceptors (Lipinski definition) is 4. The first-order chi connectivity index (χ1) is 10.6. The Balaban J connectivity index is 2.41. The van der Waals surface area contributed by atoms with Crippen LogP contribution in [0.4, 0.5) is 15.8 Å². The lowest BCUT2D eigenvalue weighted by Crippen LogP contribution is -2.18. The summed E-state index contributed by atoms with van der Waals surface area (Å²) in [6, 6.07) is 6.61. The Bertz CT molecular complexity index is 895. The van der Waals surface area contributed by atoms with Gasteiger partial charge in [-0.3, -0.25) is 4.79 Å². The molecule has 0 saturated carbocycles. The summed E-state index contributed by atoms with van der Waals surface area (Å²) in [6.45, 7) is 3.19. The average molecular weight is 337 g/mol. The van der Waals surface area contributed by atoms with Gasteiger partial charge in [-0.25, -0.2) is 17.9 Å². The molecule has 8 heteroatoms. The van der Waals surface area contributed by atoms with Crippen molar-refractivity contribution in [3.63, 3.8) is 0 Å². The number of carbonyl (C=O) groups excluding carboxylic acids is 1. The minimum Gasteiger partial charge on any atom is -0.398 e. The molecule has 0 aliphatic rings. The molecule has 122 valence electrons. The van der Waals surface area contributed by atoms with Crippen LogP contribution in [0.1, 0.15) is 21.5 Å². The SMILES string of the molecule is Cc1cc(NC(=O)c2cc(S(N)(=O)=O)c(N)cc2C)ccc1F. The highest BCUT2D eigenvalue weighted by atomic mass is 32.2. The van der Waals surface area contributed by atoms with E-state index in [0.717, 1.165) is 6.07 Å². The molecule has 0 fully saturated rings. The van der Waals surface area contributed by atoms with E-state index in [0.29, 0.717) is 16.8 Å². The normalized spacial score (nSPS) is 11.3. The minimum absolute atomic E-state index is 0.0285. The van der Waals surface area contributed by atoms with Crippen LogP contribution in [0.5, 0.6) is 0 Å². The molecule has 0 atom stereocenters. The third-order valence-corrected chi connectivity index (χ3v) is 4.29. The lowest BCUT2D eigenvalue weighted by Gasteiger charge is -2.12. The van der Waals surface area contributed by atoms with Crippen LogP contribution in [0.15, 0.2) is 35.2 Å². The Morgan fingerprint density at radius 1 is 1.13 bits per heavy atom. The first-order valence-corrected chi connectivity index (χ1v) is 8.14. The second-order valence-electron chi connectivity index (χ2n) is 5.17. The largest absolute Gasteiger partial charge is 0.398 e. The number of anilines is 2. The maximum atomic E-state index is 13.2. The number of aryl methyl sites for hydroxylation is 2. The van der Waals surface area contributed by atoms with E-state index in [-0.39, 0.29) is 22.0 Å². The smallest absolute Gasteiger partial charge is 0.255 e. The molecule has 0 unspecified atom stereocenters. The molecule has 0 aromatic heterocycles. The maximum absolute atomic E-state index is 13.2. The lowest BCUT2D eigenvalue weighted by molar-refractivity contribution is 0.102. The van der Waals surface area contributed by atoms with Gasteiger partial charge >= 0.3 is 0 Å². The van der Waals surface area contributed by atoms with Crippen molar-refractivity contribution in [2.24, 2.45) is 5.14 Å². The molecule has 0 spiro atoms. The van der Waals surface area contributed by atoms with Gasteiger partial charge in [0, 0.05) is 11.3 Å². The Labute approximate surface area is 133 Å². The molecule has 2 aromatic carbocycles. The summed E-state index contributed by atoms with van der Waals surface area (Å²) >= 11 is 0. The zero-order valence-corrected chi connectivity index (χ0v) is 13.4. The van der Waals surface area contributed by atoms with Gasteiger partial charge in [0.05, 0.1) is 5.69 Å². The molecule has 0 aliphatic carbocycles. The Morgan fingerprint density at radius 3 is 2.35 bits per heavy atom. The maximum Gasteiger partial charge on any atom is 0.255 e. The van der Waals surface area contributed by atoms with E-state index in [1.807, 2.05) is 0 Å². The second-order valence-corrected chi connectivity index (χ2v) is 6.70. The molecule has 2 aromatic rings. The van der Waals surface area contributed by atoms with Crippen molar-refractivity contribution < 1.29 is 17.6 Å². The highest BCUT2D eigenvalue weighted by Crippen LogP contribution is 2.23. The third-order valence-electron chi connectivity index (χ3n) is 3.32. The van der Waals surface area contributed by atoms with Gasteiger partial charge in [0.25, 0.3) is 5.91 Å². The molecule has 0 saturated heterocycles. The summed E-state index contributed by atoms with van der Waals surface area (Å²) in [5, 5.41) is 7.67. The van der Waals surface area contributed by atoms with E-state index in [9.17, 15) is 17.6 Å². The summed E-state index contributed by atoms with van der Waals surface area (Å²) < 4.78 is 36.3. The van der Waals surface area contributed by atoms with Crippen molar-refractivity contribution in [2.45, 2.75) is 18.7 Å². The Hall–Kier alpha value is -2.45. The monoisotopic (exact) mass is 337 g/mol. The topological polar surface area (TPSA) is 115 Å². The number of halogens is 1. The molecule has 5 N–H and O–H groups in total. The van der Waals surface area contributed by atoms with Gasteiger partial charge in [-0.05, 0) is 55.3 Å². The summed E-state index contributed by atoms with van der Waals surface area (Å²) in [4.78, 5) is 12.0. The number of amides is 1. The number of nitrogen functional groups attached to an aromatic ring is 1. The molecule has 0 heterocycles. The van der Waals surface area contributed by atoms with Crippen LogP contribution < -0.4 is 16.2 Å². The molecule has 23 heavy (non-hydrogen) atoms. The fourth-order valence-corrected chi connectivity index (χ4v) is 2.79. The molecule has 1 amide bonds. The van der Waals surface area contributed by atoms with Crippen LogP contribution in [0.3, 0.4) is 0 Å². The second kappa shape index (κ2) is 5.98. The quantitative estimate of drug-likeness (QED) is 0.742. The number of hydrogen-bond donors (Lipinski definition) is 3. The van der Waals surface area contributed by atoms with E-state index in [1.165, 1.54) is 24.3 Å². The first kappa shape index (κ1) is 16.9. The summed E-state index contributed by atoms with van der Waals surface area (Å²) in [5.74, 6) is -0.929. The lowest BCUT2D eigenvalue weighted by atomic mass is 10.1. The zero-order valence-electron chi connectivity index (χ0n) is 12.6.